The number of hydrogen-bond acceptors (Lipinski definition) is 9. The zero-order valence-corrected chi connectivity index (χ0v) is 30.0. The summed E-state index contributed by atoms with van der Waals surface area (Å²) in [5.74, 6) is -0.158. The van der Waals surface area contributed by atoms with Crippen molar-refractivity contribution in [2.24, 2.45) is 11.8 Å². The summed E-state index contributed by atoms with van der Waals surface area (Å²) in [6.07, 6.45) is 11.3. The number of methoxy groups -OCH3 is 1. The van der Waals surface area contributed by atoms with Crippen LogP contribution in [-0.2, 0) is 25.5 Å². The molecule has 272 valence electrons. The molecule has 12 nitrogen and oxygen atoms in total. The highest BCUT2D eigenvalue weighted by atomic mass is 32.2. The lowest BCUT2D eigenvalue weighted by molar-refractivity contribution is -0.139. The standard InChI is InChI=1S/C37H51N5O7S/c1-4-23(2)34(36(46)41-50-27-16-17-27)40-35(45)30-13-9-19-42(30)33(44)22-38-37(47)49-32-14-8-11-24(32)10-6-5-7-12-29-31(43)21-25-20-26(48-3)15-18-28(25)39-29/h4,15,18,20-21,23-24,27,30,32,34,43H,1,5-14,16-17,19,22H2,2-3H3,(H,38,47)(H,40,45)(H,41,46)/t23-,24?,30?,32+,34?/m0/s1. The van der Waals surface area contributed by atoms with Crippen molar-refractivity contribution < 1.29 is 33.8 Å². The fourth-order valence-corrected chi connectivity index (χ4v) is 7.62. The molecule has 1 aromatic heterocycles. The molecular weight excluding hydrogens is 659 g/mol. The number of carbonyl (C=O) groups excluding carboxylic acids is 4. The first-order chi connectivity index (χ1) is 24.2. The van der Waals surface area contributed by atoms with Crippen LogP contribution in [0, 0.1) is 11.8 Å². The number of nitrogens with zero attached hydrogens (tertiary/aromatic N) is 2. The van der Waals surface area contributed by atoms with Gasteiger partial charge in [0.25, 0.3) is 5.91 Å². The molecule has 5 rings (SSSR count). The van der Waals surface area contributed by atoms with E-state index in [0.29, 0.717) is 36.8 Å². The second kappa shape index (κ2) is 17.8. The molecule has 0 bridgehead atoms. The van der Waals surface area contributed by atoms with Gasteiger partial charge >= 0.3 is 6.09 Å². The Morgan fingerprint density at radius 2 is 1.92 bits per heavy atom. The smallest absolute Gasteiger partial charge is 0.407 e. The third kappa shape index (κ3) is 10.0. The fraction of sp³-hybridized carbons (Fsp3) is 0.595. The summed E-state index contributed by atoms with van der Waals surface area (Å²) in [7, 11) is 1.61. The Bertz CT molecular complexity index is 1540. The Kier molecular flexibility index (Phi) is 13.2. The third-order valence-corrected chi connectivity index (χ3v) is 11.1. The quantitative estimate of drug-likeness (QED) is 0.0988. The molecule has 0 radical (unpaired) electrons. The molecule has 3 unspecified atom stereocenters. The van der Waals surface area contributed by atoms with E-state index in [2.05, 4.69) is 26.9 Å². The van der Waals surface area contributed by atoms with Crippen molar-refractivity contribution in [1.82, 2.24) is 25.2 Å². The number of ether oxygens (including phenoxy) is 2. The minimum Gasteiger partial charge on any atom is -0.506 e. The molecule has 2 heterocycles. The van der Waals surface area contributed by atoms with Crippen molar-refractivity contribution in [3.05, 3.63) is 42.6 Å². The zero-order valence-electron chi connectivity index (χ0n) is 29.2. The van der Waals surface area contributed by atoms with Crippen LogP contribution in [0.4, 0.5) is 4.79 Å². The van der Waals surface area contributed by atoms with Gasteiger partial charge < -0.3 is 30.1 Å². The highest BCUT2D eigenvalue weighted by Gasteiger charge is 2.37. The molecule has 0 spiro atoms. The van der Waals surface area contributed by atoms with Crippen molar-refractivity contribution >= 4 is 46.7 Å². The number of fused-ring (bicyclic) bond motifs is 1. The van der Waals surface area contributed by atoms with E-state index in [9.17, 15) is 24.3 Å². The highest BCUT2D eigenvalue weighted by Crippen LogP contribution is 2.33. The SMILES string of the molecule is C=C[C@H](C)C(NC(=O)C1CCCN1C(=O)CNC(=O)O[C@@H]1CCCC1CCCCCc1nc2ccc(OC)cc2cc1O)C(=O)NSC1CC1. The van der Waals surface area contributed by atoms with Crippen LogP contribution >= 0.6 is 11.9 Å². The zero-order chi connectivity index (χ0) is 35.6. The summed E-state index contributed by atoms with van der Waals surface area (Å²) in [5, 5.41) is 17.2. The van der Waals surface area contributed by atoms with Crippen molar-refractivity contribution in [3.8, 4) is 11.5 Å². The first-order valence-electron chi connectivity index (χ1n) is 18.0. The van der Waals surface area contributed by atoms with E-state index in [1.807, 2.05) is 25.1 Å². The molecule has 1 aliphatic heterocycles. The summed E-state index contributed by atoms with van der Waals surface area (Å²) in [6, 6.07) is 5.84. The lowest BCUT2D eigenvalue weighted by Gasteiger charge is -2.28. The Morgan fingerprint density at radius 3 is 2.68 bits per heavy atom. The van der Waals surface area contributed by atoms with Gasteiger partial charge in [-0.15, -0.1) is 6.58 Å². The molecule has 2 saturated carbocycles. The topological polar surface area (TPSA) is 159 Å². The van der Waals surface area contributed by atoms with Crippen molar-refractivity contribution in [3.63, 3.8) is 0 Å². The number of pyridine rings is 1. The second-order valence-electron chi connectivity index (χ2n) is 13.7. The van der Waals surface area contributed by atoms with E-state index in [4.69, 9.17) is 9.47 Å². The molecule has 13 heteroatoms. The monoisotopic (exact) mass is 709 g/mol. The summed E-state index contributed by atoms with van der Waals surface area (Å²) >= 11 is 1.38. The number of amides is 4. The number of aryl methyl sites for hydroxylation is 1. The summed E-state index contributed by atoms with van der Waals surface area (Å²) in [6.45, 7) is 5.73. The van der Waals surface area contributed by atoms with Gasteiger partial charge in [-0.2, -0.15) is 0 Å². The number of likely N-dealkylation sites (tertiary alicyclic amines) is 1. The van der Waals surface area contributed by atoms with Crippen LogP contribution in [0.1, 0.15) is 83.2 Å². The number of aromatic hydroxyl groups is 1. The summed E-state index contributed by atoms with van der Waals surface area (Å²) in [5.41, 5.74) is 1.51. The first-order valence-corrected chi connectivity index (χ1v) is 18.8. The molecule has 50 heavy (non-hydrogen) atoms. The third-order valence-electron chi connectivity index (χ3n) is 10.0. The van der Waals surface area contributed by atoms with E-state index >= 15 is 0 Å². The van der Waals surface area contributed by atoms with Crippen LogP contribution in [0.3, 0.4) is 0 Å². The van der Waals surface area contributed by atoms with Crippen molar-refractivity contribution in [2.45, 2.75) is 107 Å². The molecule has 3 aliphatic rings. The maximum Gasteiger partial charge on any atom is 0.407 e. The van der Waals surface area contributed by atoms with Gasteiger partial charge in [0, 0.05) is 23.1 Å². The first kappa shape index (κ1) is 37.3. The molecule has 4 amide bonds. The van der Waals surface area contributed by atoms with E-state index in [-0.39, 0.29) is 48.0 Å². The van der Waals surface area contributed by atoms with Gasteiger partial charge in [-0.05, 0) is 106 Å². The molecule has 2 aliphatic carbocycles. The maximum atomic E-state index is 13.3. The predicted molar refractivity (Wildman–Crippen MR) is 193 cm³/mol. The predicted octanol–water partition coefficient (Wildman–Crippen LogP) is 5.17. The molecule has 3 fully saturated rings. The molecule has 5 atom stereocenters. The van der Waals surface area contributed by atoms with Gasteiger partial charge in [0.05, 0.1) is 18.3 Å². The van der Waals surface area contributed by atoms with Crippen LogP contribution in [0.5, 0.6) is 11.5 Å². The van der Waals surface area contributed by atoms with Gasteiger partial charge in [0.15, 0.2) is 0 Å². The molecule has 4 N–H and O–H groups in total. The molecule has 2 aromatic rings. The van der Waals surface area contributed by atoms with Gasteiger partial charge in [-0.3, -0.25) is 19.1 Å². The largest absolute Gasteiger partial charge is 0.506 e. The van der Waals surface area contributed by atoms with E-state index in [1.54, 1.807) is 19.3 Å². The Morgan fingerprint density at radius 1 is 1.10 bits per heavy atom. The number of rotatable bonds is 17. The van der Waals surface area contributed by atoms with Crippen molar-refractivity contribution in [1.29, 1.82) is 0 Å². The highest BCUT2D eigenvalue weighted by molar-refractivity contribution is 7.98. The minimum absolute atomic E-state index is 0.192. The fourth-order valence-electron chi connectivity index (χ4n) is 6.84. The Balaban J connectivity index is 1.02. The number of aromatic nitrogens is 1. The average molecular weight is 710 g/mol. The van der Waals surface area contributed by atoms with Crippen LogP contribution in [-0.4, -0.2) is 82.4 Å². The Labute approximate surface area is 298 Å². The normalized spacial score (nSPS) is 21.3. The van der Waals surface area contributed by atoms with E-state index in [0.717, 1.165) is 74.4 Å². The van der Waals surface area contributed by atoms with Crippen LogP contribution < -0.4 is 20.1 Å². The van der Waals surface area contributed by atoms with Gasteiger partial charge in [-0.25, -0.2) is 9.78 Å². The molecular formula is C37H51N5O7S. The Hall–Kier alpha value is -4.00. The number of hydrogen-bond donors (Lipinski definition) is 4. The second-order valence-corrected chi connectivity index (χ2v) is 14.8. The van der Waals surface area contributed by atoms with Crippen LogP contribution in [0.15, 0.2) is 36.9 Å². The minimum atomic E-state index is -0.795. The number of nitrogens with one attached hydrogen (secondary N) is 3. The average Bonchev–Trinajstić information content (AvgIpc) is 3.63. The van der Waals surface area contributed by atoms with Gasteiger partial charge in [0.1, 0.15) is 36.2 Å². The van der Waals surface area contributed by atoms with Crippen molar-refractivity contribution in [2.75, 3.05) is 20.2 Å². The van der Waals surface area contributed by atoms with Crippen LogP contribution in [0.25, 0.3) is 10.9 Å². The number of benzene rings is 1. The molecule has 1 saturated heterocycles. The molecule has 1 aromatic carbocycles. The lowest BCUT2D eigenvalue weighted by Crippen LogP contribution is -2.55. The number of carbonyl (C=O) groups is 4. The van der Waals surface area contributed by atoms with Gasteiger partial charge in [0.2, 0.25) is 11.8 Å². The van der Waals surface area contributed by atoms with Crippen LogP contribution in [0.2, 0.25) is 0 Å². The number of unbranched alkanes of at least 4 members (excludes halogenated alkanes) is 2. The van der Waals surface area contributed by atoms with E-state index in [1.165, 1.54) is 16.8 Å². The summed E-state index contributed by atoms with van der Waals surface area (Å²) < 4.78 is 13.9. The summed E-state index contributed by atoms with van der Waals surface area (Å²) in [4.78, 5) is 58.1. The van der Waals surface area contributed by atoms with E-state index < -0.39 is 18.2 Å². The number of alkyl carbamates (subject to hydrolysis) is 1. The maximum absolute atomic E-state index is 13.3. The lowest BCUT2D eigenvalue weighted by atomic mass is 9.97. The van der Waals surface area contributed by atoms with Gasteiger partial charge in [-0.1, -0.05) is 25.8 Å².